The maximum absolute atomic E-state index is 11.5. The quantitative estimate of drug-likeness (QED) is 0.821. The number of carbonyl (C=O) groups is 1. The van der Waals surface area contributed by atoms with Gasteiger partial charge in [-0.15, -0.1) is 0 Å². The van der Waals surface area contributed by atoms with Crippen molar-refractivity contribution in [1.29, 1.82) is 0 Å². The van der Waals surface area contributed by atoms with Gasteiger partial charge >= 0.3 is 5.97 Å². The number of aliphatic carboxylic acids is 1. The molecule has 0 aliphatic heterocycles. The van der Waals surface area contributed by atoms with E-state index in [9.17, 15) is 9.90 Å². The van der Waals surface area contributed by atoms with Gasteiger partial charge in [-0.2, -0.15) is 0 Å². The Labute approximate surface area is 116 Å². The molecule has 3 aliphatic carbocycles. The molecule has 2 bridgehead atoms. The summed E-state index contributed by atoms with van der Waals surface area (Å²) in [6.07, 6.45) is 8.89. The van der Waals surface area contributed by atoms with Crippen LogP contribution in [0, 0.1) is 29.6 Å². The summed E-state index contributed by atoms with van der Waals surface area (Å²) in [5.41, 5.74) is 0. The van der Waals surface area contributed by atoms with Crippen LogP contribution in [0.2, 0.25) is 0 Å². The average molecular weight is 265 g/mol. The molecule has 4 unspecified atom stereocenters. The van der Waals surface area contributed by atoms with Crippen LogP contribution in [0.4, 0.5) is 0 Å². The summed E-state index contributed by atoms with van der Waals surface area (Å²) < 4.78 is 0. The molecule has 108 valence electrons. The van der Waals surface area contributed by atoms with Crippen molar-refractivity contribution in [3.63, 3.8) is 0 Å². The highest BCUT2D eigenvalue weighted by Gasteiger charge is 2.50. The molecular weight excluding hydrogens is 238 g/mol. The maximum atomic E-state index is 11.5. The molecule has 0 spiro atoms. The van der Waals surface area contributed by atoms with Gasteiger partial charge < -0.3 is 10.4 Å². The first-order chi connectivity index (χ1) is 9.15. The van der Waals surface area contributed by atoms with Crippen molar-refractivity contribution in [3.05, 3.63) is 0 Å². The van der Waals surface area contributed by atoms with E-state index in [1.54, 1.807) is 0 Å². The van der Waals surface area contributed by atoms with Gasteiger partial charge in [0, 0.05) is 6.04 Å². The van der Waals surface area contributed by atoms with Gasteiger partial charge in [0.25, 0.3) is 0 Å². The number of fused-ring (bicyclic) bond motifs is 2. The summed E-state index contributed by atoms with van der Waals surface area (Å²) in [6.45, 7) is 3.39. The zero-order valence-electron chi connectivity index (χ0n) is 12.0. The van der Waals surface area contributed by atoms with Crippen molar-refractivity contribution < 1.29 is 9.90 Å². The van der Waals surface area contributed by atoms with E-state index in [0.717, 1.165) is 31.2 Å². The molecule has 0 heterocycles. The van der Waals surface area contributed by atoms with Crippen LogP contribution in [0.1, 0.15) is 51.9 Å². The first-order valence-corrected chi connectivity index (χ1v) is 8.11. The molecule has 3 fully saturated rings. The molecule has 0 radical (unpaired) electrons. The Bertz CT molecular complexity index is 336. The summed E-state index contributed by atoms with van der Waals surface area (Å²) in [4.78, 5) is 11.5. The van der Waals surface area contributed by atoms with Crippen molar-refractivity contribution in [1.82, 2.24) is 5.32 Å². The molecule has 4 atom stereocenters. The lowest BCUT2D eigenvalue weighted by atomic mass is 9.81. The van der Waals surface area contributed by atoms with Gasteiger partial charge in [0.15, 0.2) is 0 Å². The van der Waals surface area contributed by atoms with Crippen LogP contribution >= 0.6 is 0 Å². The van der Waals surface area contributed by atoms with E-state index in [-0.39, 0.29) is 12.0 Å². The van der Waals surface area contributed by atoms with Gasteiger partial charge in [0.05, 0.1) is 5.92 Å². The lowest BCUT2D eigenvalue weighted by molar-refractivity contribution is -0.144. The van der Waals surface area contributed by atoms with Gasteiger partial charge in [-0.1, -0.05) is 19.8 Å². The van der Waals surface area contributed by atoms with E-state index in [4.69, 9.17) is 0 Å². The van der Waals surface area contributed by atoms with Crippen LogP contribution in [0.5, 0.6) is 0 Å². The summed E-state index contributed by atoms with van der Waals surface area (Å²) in [6, 6.07) is 0.260. The van der Waals surface area contributed by atoms with E-state index in [1.807, 2.05) is 0 Å². The third-order valence-corrected chi connectivity index (χ3v) is 5.98. The van der Waals surface area contributed by atoms with Crippen LogP contribution in [0.25, 0.3) is 0 Å². The summed E-state index contributed by atoms with van der Waals surface area (Å²) in [5, 5.41) is 13.1. The molecule has 2 N–H and O–H groups in total. The monoisotopic (exact) mass is 265 g/mol. The minimum Gasteiger partial charge on any atom is -0.481 e. The molecular formula is C16H27NO2. The number of hydrogen-bond acceptors (Lipinski definition) is 2. The van der Waals surface area contributed by atoms with E-state index >= 15 is 0 Å². The first-order valence-electron chi connectivity index (χ1n) is 8.11. The third-order valence-electron chi connectivity index (χ3n) is 5.98. The Balaban J connectivity index is 1.53. The molecule has 3 aliphatic rings. The van der Waals surface area contributed by atoms with Crippen LogP contribution in [-0.4, -0.2) is 23.7 Å². The highest BCUT2D eigenvalue weighted by atomic mass is 16.4. The van der Waals surface area contributed by atoms with E-state index in [1.165, 1.54) is 32.1 Å². The average Bonchev–Trinajstić information content (AvgIpc) is 2.98. The lowest BCUT2D eigenvalue weighted by Gasteiger charge is -2.32. The van der Waals surface area contributed by atoms with Gasteiger partial charge in [-0.25, -0.2) is 0 Å². The Morgan fingerprint density at radius 2 is 1.79 bits per heavy atom. The van der Waals surface area contributed by atoms with Crippen molar-refractivity contribution in [2.75, 3.05) is 6.54 Å². The van der Waals surface area contributed by atoms with Crippen LogP contribution < -0.4 is 5.32 Å². The van der Waals surface area contributed by atoms with Crippen LogP contribution in [0.3, 0.4) is 0 Å². The van der Waals surface area contributed by atoms with Crippen molar-refractivity contribution in [2.24, 2.45) is 29.6 Å². The summed E-state index contributed by atoms with van der Waals surface area (Å²) in [5.74, 6) is 2.08. The fraction of sp³-hybridized carbons (Fsp3) is 0.938. The molecule has 19 heavy (non-hydrogen) atoms. The standard InChI is InChI=1S/C16H27NO2/c1-10-2-4-11(5-3-10)9-17-15-13-7-6-12(8-13)14(15)16(18)19/h10-15,17H,2-9H2,1H3,(H,18,19). The minimum atomic E-state index is -0.568. The molecule has 0 aromatic rings. The second-order valence-electron chi connectivity index (χ2n) is 7.26. The second kappa shape index (κ2) is 5.43. The molecule has 3 rings (SSSR count). The number of nitrogens with one attached hydrogen (secondary N) is 1. The molecule has 3 heteroatoms. The molecule has 0 aromatic heterocycles. The summed E-state index contributed by atoms with van der Waals surface area (Å²) >= 11 is 0. The SMILES string of the molecule is CC1CCC(CNC2C3CCC(C3)C2C(=O)O)CC1. The molecule has 3 saturated carbocycles. The number of hydrogen-bond donors (Lipinski definition) is 2. The maximum Gasteiger partial charge on any atom is 0.308 e. The highest BCUT2D eigenvalue weighted by Crippen LogP contribution is 2.48. The normalized spacial score (nSPS) is 45.5. The van der Waals surface area contributed by atoms with Crippen molar-refractivity contribution >= 4 is 5.97 Å². The van der Waals surface area contributed by atoms with Gasteiger partial charge in [0.1, 0.15) is 0 Å². The zero-order valence-corrected chi connectivity index (χ0v) is 12.0. The number of carboxylic acid groups (broad SMARTS) is 1. The fourth-order valence-corrected chi connectivity index (χ4v) is 4.78. The van der Waals surface area contributed by atoms with Crippen molar-refractivity contribution in [3.8, 4) is 0 Å². The van der Waals surface area contributed by atoms with Gasteiger partial charge in [-0.05, 0) is 62.3 Å². The molecule has 3 nitrogen and oxygen atoms in total. The molecule has 0 amide bonds. The van der Waals surface area contributed by atoms with Crippen LogP contribution in [0.15, 0.2) is 0 Å². The van der Waals surface area contributed by atoms with E-state index in [0.29, 0.717) is 11.8 Å². The summed E-state index contributed by atoms with van der Waals surface area (Å²) in [7, 11) is 0. The van der Waals surface area contributed by atoms with Crippen LogP contribution in [-0.2, 0) is 4.79 Å². The van der Waals surface area contributed by atoms with E-state index in [2.05, 4.69) is 12.2 Å². The fourth-order valence-electron chi connectivity index (χ4n) is 4.78. The highest BCUT2D eigenvalue weighted by molar-refractivity contribution is 5.72. The zero-order chi connectivity index (χ0) is 13.4. The Morgan fingerprint density at radius 3 is 2.47 bits per heavy atom. The predicted molar refractivity (Wildman–Crippen MR) is 74.9 cm³/mol. The topological polar surface area (TPSA) is 49.3 Å². The number of rotatable bonds is 4. The van der Waals surface area contributed by atoms with E-state index < -0.39 is 5.97 Å². The third kappa shape index (κ3) is 2.67. The molecule has 0 aromatic carbocycles. The largest absolute Gasteiger partial charge is 0.481 e. The Morgan fingerprint density at radius 1 is 1.11 bits per heavy atom. The Hall–Kier alpha value is -0.570. The molecule has 0 saturated heterocycles. The predicted octanol–water partition coefficient (Wildman–Crippen LogP) is 2.90. The Kier molecular flexibility index (Phi) is 3.84. The second-order valence-corrected chi connectivity index (χ2v) is 7.26. The van der Waals surface area contributed by atoms with Crippen molar-refractivity contribution in [2.45, 2.75) is 57.9 Å². The van der Waals surface area contributed by atoms with Gasteiger partial charge in [0.2, 0.25) is 0 Å². The minimum absolute atomic E-state index is 0.110. The number of carboxylic acids is 1. The smallest absolute Gasteiger partial charge is 0.308 e. The van der Waals surface area contributed by atoms with Gasteiger partial charge in [-0.3, -0.25) is 4.79 Å². The lowest BCUT2D eigenvalue weighted by Crippen LogP contribution is -2.46. The first kappa shape index (κ1) is 13.4.